The summed E-state index contributed by atoms with van der Waals surface area (Å²) in [6.45, 7) is 34.4. The molecule has 0 radical (unpaired) electrons. The van der Waals surface area contributed by atoms with Crippen LogP contribution < -0.4 is 31.1 Å². The number of carbonyl (C=O) groups excluding carboxylic acids is 4. The van der Waals surface area contributed by atoms with Gasteiger partial charge in [-0.15, -0.1) is 25.3 Å². The van der Waals surface area contributed by atoms with Crippen molar-refractivity contribution in [1.82, 2.24) is 0 Å². The maximum Gasteiger partial charge on any atom is 0.424 e. The van der Waals surface area contributed by atoms with Crippen LogP contribution in [-0.4, -0.2) is 60.0 Å². The number of aryl methyl sites for hydroxylation is 2. The third kappa shape index (κ3) is 27.0. The summed E-state index contributed by atoms with van der Waals surface area (Å²) < 4.78 is 49.0. The lowest BCUT2D eigenvalue weighted by Crippen LogP contribution is -2.44. The fourth-order valence-electron chi connectivity index (χ4n) is 6.78. The first kappa shape index (κ1) is 71.2. The molecule has 0 heterocycles. The molecular formula is C62H91ClF2N6O7. The lowest BCUT2D eigenvalue weighted by Gasteiger charge is -2.31. The number of rotatable bonds is 13. The number of hydrogen-bond acceptors (Lipinski definition) is 10. The normalized spacial score (nSPS) is 10.8. The Kier molecular flexibility index (Phi) is 31.2. The van der Waals surface area contributed by atoms with Crippen LogP contribution in [0.2, 0.25) is 0 Å². The van der Waals surface area contributed by atoms with Crippen molar-refractivity contribution < 1.29 is 43.9 Å². The Bertz CT molecular complexity index is 2580. The maximum absolute atomic E-state index is 16.8. The van der Waals surface area contributed by atoms with Gasteiger partial charge in [-0.2, -0.15) is 4.90 Å². The number of imide groups is 1. The zero-order chi connectivity index (χ0) is 60.4. The minimum Gasteiger partial charge on any atom is -0.443 e. The number of benzene rings is 4. The molecule has 4 rings (SSSR count). The number of terminal acetylenes is 2. The van der Waals surface area contributed by atoms with Crippen molar-refractivity contribution in [3.05, 3.63) is 107 Å². The van der Waals surface area contributed by atoms with Gasteiger partial charge in [0.05, 0.1) is 41.5 Å². The number of aliphatic hydroxyl groups excluding tert-OH is 1. The molecule has 0 aliphatic heterocycles. The van der Waals surface area contributed by atoms with Gasteiger partial charge in [0.2, 0.25) is 11.8 Å². The van der Waals surface area contributed by atoms with Crippen molar-refractivity contribution in [2.75, 3.05) is 50.8 Å². The Morgan fingerprint density at radius 1 is 0.628 bits per heavy atom. The molecular weight excluding hydrogens is 1010 g/mol. The highest BCUT2D eigenvalue weighted by molar-refractivity contribution is 6.13. The number of nitrogens with one attached hydrogen (secondary N) is 2. The third-order valence-corrected chi connectivity index (χ3v) is 9.79. The quantitative estimate of drug-likeness (QED) is 0.0747. The summed E-state index contributed by atoms with van der Waals surface area (Å²) in [6.07, 6.45) is 9.22. The molecule has 0 bridgehead atoms. The standard InChI is InChI=1S/C33H44FN3O5.C23H28FN3O.C2H6O.2C2H6.ClH/c1-12-19-36(21-23-15-13-22(2)14-16-23)25-18-17-24(35-26(38)20-31(3,4)5)28(27(25)34)37(29(39)41-32(6,7)8)30(40)42-33(9,10)11;1-6-13-27(15-17-9-7-16(2)8-10-17)19-12-11-18(22(25)21(19)24)26-20(28)14-23(3,4)5;1-2-3;2*1-2;/h1,13-18H,19-21H2,2-11H3,(H,35,38);1,7-12H,13-15,25H2,2-5H3,(H,26,28);3H,2H2,1H3;2*1-2H3;1H/i;;;1D;;. The van der Waals surface area contributed by atoms with Gasteiger partial charge in [0.25, 0.3) is 0 Å². The van der Waals surface area contributed by atoms with E-state index in [2.05, 4.69) is 22.5 Å². The lowest BCUT2D eigenvalue weighted by atomic mass is 9.92. The molecule has 0 saturated heterocycles. The van der Waals surface area contributed by atoms with Gasteiger partial charge >= 0.3 is 12.2 Å². The van der Waals surface area contributed by atoms with E-state index in [1.807, 2.05) is 118 Å². The number of hydrogen-bond donors (Lipinski definition) is 4. The van der Waals surface area contributed by atoms with E-state index >= 15 is 8.78 Å². The summed E-state index contributed by atoms with van der Waals surface area (Å²) in [6, 6.07) is 21.8. The van der Waals surface area contributed by atoms with Crippen LogP contribution in [0.5, 0.6) is 0 Å². The molecule has 16 heteroatoms. The van der Waals surface area contributed by atoms with Crippen LogP contribution in [0.15, 0.2) is 72.8 Å². The van der Waals surface area contributed by atoms with E-state index in [0.29, 0.717) is 30.5 Å². The fraction of sp³-hybridized carbons (Fsp3) is 0.484. The Morgan fingerprint density at radius 3 is 1.27 bits per heavy atom. The SMILES string of the molecule is C#CCN(Cc1ccc(C)cc1)c1ccc(NC(=O)CC(C)(C)C)c(N(C(=O)OC(C)(C)C)C(=O)OC(C)(C)C)c1F.C#CCN(Cc1ccc(C)cc1)c1ccc(NC(=O)CC(C)(C)C)c(N)c1F.CC.CCO.Cl.[2H]CC. The van der Waals surface area contributed by atoms with E-state index in [0.717, 1.165) is 22.3 Å². The highest BCUT2D eigenvalue weighted by Gasteiger charge is 2.38. The molecule has 0 unspecified atom stereocenters. The van der Waals surface area contributed by atoms with E-state index in [4.69, 9.17) is 34.5 Å². The largest absolute Gasteiger partial charge is 0.443 e. The van der Waals surface area contributed by atoms with Gasteiger partial charge in [0, 0.05) is 33.9 Å². The number of carbonyl (C=O) groups is 4. The summed E-state index contributed by atoms with van der Waals surface area (Å²) in [5.41, 5.74) is 7.38. The Labute approximate surface area is 474 Å². The van der Waals surface area contributed by atoms with Crippen LogP contribution in [0.25, 0.3) is 0 Å². The molecule has 13 nitrogen and oxygen atoms in total. The fourth-order valence-corrected chi connectivity index (χ4v) is 6.78. The van der Waals surface area contributed by atoms with Crippen LogP contribution in [0, 0.1) is 61.0 Å². The molecule has 5 N–H and O–H groups in total. The van der Waals surface area contributed by atoms with Crippen molar-refractivity contribution in [3.8, 4) is 24.7 Å². The predicted octanol–water partition coefficient (Wildman–Crippen LogP) is 15.0. The molecule has 0 aromatic heterocycles. The molecule has 0 spiro atoms. The first-order valence-electron chi connectivity index (χ1n) is 26.5. The number of amides is 4. The van der Waals surface area contributed by atoms with Crippen molar-refractivity contribution in [3.63, 3.8) is 0 Å². The second-order valence-corrected chi connectivity index (χ2v) is 21.9. The van der Waals surface area contributed by atoms with Gasteiger partial charge in [0.1, 0.15) is 16.9 Å². The Balaban J connectivity index is 0. The lowest BCUT2D eigenvalue weighted by molar-refractivity contribution is -0.118. The maximum atomic E-state index is 16.8. The van der Waals surface area contributed by atoms with Gasteiger partial charge < -0.3 is 40.7 Å². The van der Waals surface area contributed by atoms with Gasteiger partial charge in [-0.1, -0.05) is 141 Å². The van der Waals surface area contributed by atoms with Crippen LogP contribution >= 0.6 is 12.4 Å². The van der Waals surface area contributed by atoms with Crippen molar-refractivity contribution in [2.45, 2.75) is 169 Å². The van der Waals surface area contributed by atoms with E-state index in [9.17, 15) is 19.2 Å². The molecule has 78 heavy (non-hydrogen) atoms. The average molecular weight is 1110 g/mol. The monoisotopic (exact) mass is 1110 g/mol. The third-order valence-electron chi connectivity index (χ3n) is 9.79. The highest BCUT2D eigenvalue weighted by Crippen LogP contribution is 2.39. The number of nitrogen functional groups attached to an aromatic ring is 1. The number of nitrogens with zero attached hydrogens (tertiary/aromatic N) is 3. The minimum atomic E-state index is -1.17. The molecule has 4 amide bonds. The number of anilines is 6. The van der Waals surface area contributed by atoms with E-state index in [1.54, 1.807) is 77.3 Å². The van der Waals surface area contributed by atoms with Gasteiger partial charge in [0.15, 0.2) is 11.6 Å². The molecule has 0 aliphatic rings. The minimum absolute atomic E-state index is 0. The predicted molar refractivity (Wildman–Crippen MR) is 322 cm³/mol. The summed E-state index contributed by atoms with van der Waals surface area (Å²) >= 11 is 0. The van der Waals surface area contributed by atoms with Gasteiger partial charge in [-0.25, -0.2) is 18.4 Å². The summed E-state index contributed by atoms with van der Waals surface area (Å²) in [5.74, 6) is 2.94. The topological polar surface area (TPSA) is 167 Å². The molecule has 0 aliphatic carbocycles. The van der Waals surface area contributed by atoms with Crippen LogP contribution in [0.4, 0.5) is 52.5 Å². The molecule has 0 atom stereocenters. The van der Waals surface area contributed by atoms with Crippen molar-refractivity contribution >= 4 is 70.5 Å². The summed E-state index contributed by atoms with van der Waals surface area (Å²) in [4.78, 5) is 56.0. The second kappa shape index (κ2) is 34.2. The number of aliphatic hydroxyl groups is 1. The number of nitrogens with two attached hydrogens (primary N) is 1. The van der Waals surface area contributed by atoms with E-state index in [1.165, 1.54) is 12.1 Å². The summed E-state index contributed by atoms with van der Waals surface area (Å²) in [5, 5.41) is 13.0. The highest BCUT2D eigenvalue weighted by atomic mass is 35.5. The summed E-state index contributed by atoms with van der Waals surface area (Å²) in [7, 11) is 0. The number of ether oxygens (including phenoxy) is 2. The van der Waals surface area contributed by atoms with Crippen LogP contribution in [0.3, 0.4) is 0 Å². The zero-order valence-electron chi connectivity index (χ0n) is 50.7. The average Bonchev–Trinajstić information content (AvgIpc) is 3.29. The Morgan fingerprint density at radius 2 is 0.949 bits per heavy atom. The van der Waals surface area contributed by atoms with Crippen molar-refractivity contribution in [1.29, 1.82) is 0 Å². The smallest absolute Gasteiger partial charge is 0.424 e. The first-order chi connectivity index (χ1) is 36.1. The van der Waals surface area contributed by atoms with Crippen LogP contribution in [-0.2, 0) is 32.2 Å². The molecule has 4 aromatic rings. The molecule has 0 fully saturated rings. The molecule has 432 valence electrons. The van der Waals surface area contributed by atoms with E-state index < -0.39 is 46.6 Å². The van der Waals surface area contributed by atoms with Crippen LogP contribution in [0.1, 0.15) is 154 Å². The van der Waals surface area contributed by atoms with Gasteiger partial charge in [-0.05, 0) is 109 Å². The number of halogens is 3. The van der Waals surface area contributed by atoms with Gasteiger partial charge in [-0.3, -0.25) is 9.59 Å². The Hall–Kier alpha value is -6.81. The molecule has 0 saturated carbocycles. The zero-order valence-corrected chi connectivity index (χ0v) is 50.5. The van der Waals surface area contributed by atoms with Crippen molar-refractivity contribution in [2.24, 2.45) is 10.8 Å². The van der Waals surface area contributed by atoms with E-state index in [-0.39, 0.29) is 84.6 Å². The first-order valence-corrected chi connectivity index (χ1v) is 25.8. The second-order valence-electron chi connectivity index (χ2n) is 21.9. The molecule has 4 aromatic carbocycles.